The van der Waals surface area contributed by atoms with Crippen molar-refractivity contribution < 1.29 is 23.8 Å². The van der Waals surface area contributed by atoms with Gasteiger partial charge in [-0.05, 0) is 42.5 Å². The number of thiazole rings is 1. The van der Waals surface area contributed by atoms with Crippen molar-refractivity contribution >= 4 is 28.2 Å². The van der Waals surface area contributed by atoms with Gasteiger partial charge in [-0.3, -0.25) is 14.9 Å². The van der Waals surface area contributed by atoms with Crippen molar-refractivity contribution in [3.8, 4) is 28.5 Å². The SMILES string of the molecule is COc1ccc(OC)c(-c2csc(NC(=O)COc3ccc(C(=O)c4ccccc4)cc3)n2)c1. The topological polar surface area (TPSA) is 86.8 Å². The Hall–Kier alpha value is -4.17. The highest BCUT2D eigenvalue weighted by Gasteiger charge is 2.14. The molecule has 1 aromatic heterocycles. The first-order valence-electron chi connectivity index (χ1n) is 10.4. The number of carbonyl (C=O) groups is 2. The maximum absolute atomic E-state index is 12.5. The molecule has 1 N–H and O–H groups in total. The van der Waals surface area contributed by atoms with Crippen LogP contribution in [0.5, 0.6) is 17.2 Å². The molecule has 0 unspecified atom stereocenters. The fourth-order valence-corrected chi connectivity index (χ4v) is 3.96. The predicted molar refractivity (Wildman–Crippen MR) is 131 cm³/mol. The van der Waals surface area contributed by atoms with Gasteiger partial charge < -0.3 is 14.2 Å². The first-order valence-corrected chi connectivity index (χ1v) is 11.3. The van der Waals surface area contributed by atoms with Gasteiger partial charge in [-0.25, -0.2) is 4.98 Å². The maximum atomic E-state index is 12.5. The van der Waals surface area contributed by atoms with Crippen LogP contribution < -0.4 is 19.5 Å². The number of benzene rings is 3. The number of hydrogen-bond acceptors (Lipinski definition) is 7. The number of amides is 1. The molecule has 0 bridgehead atoms. The molecular formula is C26H22N2O5S. The van der Waals surface area contributed by atoms with E-state index in [0.29, 0.717) is 39.2 Å². The van der Waals surface area contributed by atoms with E-state index < -0.39 is 0 Å². The zero-order valence-electron chi connectivity index (χ0n) is 18.6. The zero-order chi connectivity index (χ0) is 23.9. The summed E-state index contributed by atoms with van der Waals surface area (Å²) in [4.78, 5) is 29.3. The molecule has 7 nitrogen and oxygen atoms in total. The molecule has 0 saturated heterocycles. The Bertz CT molecular complexity index is 1290. The number of nitrogens with one attached hydrogen (secondary N) is 1. The predicted octanol–water partition coefficient (Wildman–Crippen LogP) is 5.08. The molecule has 8 heteroatoms. The van der Waals surface area contributed by atoms with Crippen LogP contribution in [0.1, 0.15) is 15.9 Å². The average molecular weight is 475 g/mol. The van der Waals surface area contributed by atoms with Gasteiger partial charge in [-0.1, -0.05) is 30.3 Å². The fraction of sp³-hybridized carbons (Fsp3) is 0.115. The van der Waals surface area contributed by atoms with Gasteiger partial charge >= 0.3 is 0 Å². The Balaban J connectivity index is 1.34. The van der Waals surface area contributed by atoms with E-state index in [1.54, 1.807) is 62.8 Å². The highest BCUT2D eigenvalue weighted by molar-refractivity contribution is 7.14. The summed E-state index contributed by atoms with van der Waals surface area (Å²) in [5.74, 6) is 1.40. The number of aromatic nitrogens is 1. The van der Waals surface area contributed by atoms with Crippen molar-refractivity contribution in [2.45, 2.75) is 0 Å². The second-order valence-electron chi connectivity index (χ2n) is 7.16. The Morgan fingerprint density at radius 3 is 2.29 bits per heavy atom. The number of carbonyl (C=O) groups excluding carboxylic acids is 2. The average Bonchev–Trinajstić information content (AvgIpc) is 3.35. The summed E-state index contributed by atoms with van der Waals surface area (Å²) in [5.41, 5.74) is 2.59. The molecule has 0 radical (unpaired) electrons. The molecule has 0 atom stereocenters. The number of nitrogens with zero attached hydrogens (tertiary/aromatic N) is 1. The second kappa shape index (κ2) is 10.6. The van der Waals surface area contributed by atoms with Crippen LogP contribution in [0.25, 0.3) is 11.3 Å². The third-order valence-corrected chi connectivity index (χ3v) is 5.71. The van der Waals surface area contributed by atoms with Crippen LogP contribution in [0.3, 0.4) is 0 Å². The highest BCUT2D eigenvalue weighted by Crippen LogP contribution is 2.35. The molecule has 1 amide bonds. The van der Waals surface area contributed by atoms with Crippen LogP contribution in [0.15, 0.2) is 78.2 Å². The van der Waals surface area contributed by atoms with E-state index in [0.717, 1.165) is 5.56 Å². The van der Waals surface area contributed by atoms with Crippen molar-refractivity contribution in [2.75, 3.05) is 26.1 Å². The molecule has 1 heterocycles. The van der Waals surface area contributed by atoms with Crippen molar-refractivity contribution in [1.82, 2.24) is 4.98 Å². The minimum atomic E-state index is -0.344. The summed E-state index contributed by atoms with van der Waals surface area (Å²) in [5, 5.41) is 5.01. The summed E-state index contributed by atoms with van der Waals surface area (Å²) in [6.45, 7) is -0.191. The monoisotopic (exact) mass is 474 g/mol. The molecule has 4 rings (SSSR count). The highest BCUT2D eigenvalue weighted by atomic mass is 32.1. The summed E-state index contributed by atoms with van der Waals surface area (Å²) in [6.07, 6.45) is 0. The van der Waals surface area contributed by atoms with Gasteiger partial charge in [0, 0.05) is 22.1 Å². The van der Waals surface area contributed by atoms with Crippen molar-refractivity contribution in [3.63, 3.8) is 0 Å². The lowest BCUT2D eigenvalue weighted by molar-refractivity contribution is -0.118. The second-order valence-corrected chi connectivity index (χ2v) is 8.02. The van der Waals surface area contributed by atoms with E-state index in [1.165, 1.54) is 11.3 Å². The van der Waals surface area contributed by atoms with Gasteiger partial charge in [-0.2, -0.15) is 0 Å². The molecule has 0 aliphatic carbocycles. The Morgan fingerprint density at radius 2 is 1.59 bits per heavy atom. The van der Waals surface area contributed by atoms with E-state index in [2.05, 4.69) is 10.3 Å². The van der Waals surface area contributed by atoms with Crippen molar-refractivity contribution in [2.24, 2.45) is 0 Å². The third kappa shape index (κ3) is 5.41. The van der Waals surface area contributed by atoms with Crippen LogP contribution in [0.2, 0.25) is 0 Å². The summed E-state index contributed by atoms with van der Waals surface area (Å²) >= 11 is 1.30. The Kier molecular flexibility index (Phi) is 7.19. The van der Waals surface area contributed by atoms with Gasteiger partial charge in [0.15, 0.2) is 17.5 Å². The lowest BCUT2D eigenvalue weighted by Crippen LogP contribution is -2.20. The molecule has 34 heavy (non-hydrogen) atoms. The van der Waals surface area contributed by atoms with Crippen LogP contribution in [-0.2, 0) is 4.79 Å². The third-order valence-electron chi connectivity index (χ3n) is 4.96. The minimum Gasteiger partial charge on any atom is -0.497 e. The lowest BCUT2D eigenvalue weighted by atomic mass is 10.0. The van der Waals surface area contributed by atoms with E-state index >= 15 is 0 Å². The van der Waals surface area contributed by atoms with E-state index in [4.69, 9.17) is 14.2 Å². The van der Waals surface area contributed by atoms with E-state index in [1.807, 2.05) is 29.6 Å². The van der Waals surface area contributed by atoms with Gasteiger partial charge in [0.1, 0.15) is 17.2 Å². The molecular weight excluding hydrogens is 452 g/mol. The summed E-state index contributed by atoms with van der Waals surface area (Å²) < 4.78 is 16.2. The largest absolute Gasteiger partial charge is 0.497 e. The number of rotatable bonds is 9. The van der Waals surface area contributed by atoms with Gasteiger partial charge in [-0.15, -0.1) is 11.3 Å². The van der Waals surface area contributed by atoms with Crippen molar-refractivity contribution in [1.29, 1.82) is 0 Å². The molecule has 0 fully saturated rings. The van der Waals surface area contributed by atoms with Crippen LogP contribution >= 0.6 is 11.3 Å². The maximum Gasteiger partial charge on any atom is 0.264 e. The molecule has 0 aliphatic rings. The quantitative estimate of drug-likeness (QED) is 0.341. The summed E-state index contributed by atoms with van der Waals surface area (Å²) in [7, 11) is 3.18. The van der Waals surface area contributed by atoms with Crippen molar-refractivity contribution in [3.05, 3.63) is 89.3 Å². The number of ether oxygens (including phenoxy) is 3. The Labute approximate surface area is 201 Å². The van der Waals surface area contributed by atoms with Gasteiger partial charge in [0.25, 0.3) is 5.91 Å². The smallest absolute Gasteiger partial charge is 0.264 e. The molecule has 0 spiro atoms. The normalized spacial score (nSPS) is 10.4. The lowest BCUT2D eigenvalue weighted by Gasteiger charge is -2.08. The molecule has 4 aromatic rings. The van der Waals surface area contributed by atoms with Gasteiger partial charge in [0.2, 0.25) is 0 Å². The number of methoxy groups -OCH3 is 2. The van der Waals surface area contributed by atoms with E-state index in [-0.39, 0.29) is 18.3 Å². The molecule has 3 aromatic carbocycles. The first kappa shape index (κ1) is 23.0. The molecule has 0 saturated carbocycles. The van der Waals surface area contributed by atoms with E-state index in [9.17, 15) is 9.59 Å². The number of anilines is 1. The number of ketones is 1. The Morgan fingerprint density at radius 1 is 0.882 bits per heavy atom. The standard InChI is InChI=1S/C26H22N2O5S/c1-31-20-12-13-23(32-2)21(14-20)22-16-34-26(27-22)28-24(29)15-33-19-10-8-18(9-11-19)25(30)17-6-4-3-5-7-17/h3-14,16H,15H2,1-2H3,(H,27,28,29). The van der Waals surface area contributed by atoms with Gasteiger partial charge in [0.05, 0.1) is 19.9 Å². The minimum absolute atomic E-state index is 0.0721. The summed E-state index contributed by atoms with van der Waals surface area (Å²) in [6, 6.07) is 21.2. The zero-order valence-corrected chi connectivity index (χ0v) is 19.4. The van der Waals surface area contributed by atoms with Crippen LogP contribution in [-0.4, -0.2) is 37.5 Å². The molecule has 0 aliphatic heterocycles. The van der Waals surface area contributed by atoms with Crippen LogP contribution in [0.4, 0.5) is 5.13 Å². The molecule has 172 valence electrons. The number of hydrogen-bond donors (Lipinski definition) is 1. The van der Waals surface area contributed by atoms with Crippen LogP contribution in [0, 0.1) is 0 Å². The fourth-order valence-electron chi connectivity index (χ4n) is 3.23. The first-order chi connectivity index (χ1) is 16.6.